The molecular formula is C21H17N5O2S. The van der Waals surface area contributed by atoms with Crippen molar-refractivity contribution in [2.24, 2.45) is 0 Å². The summed E-state index contributed by atoms with van der Waals surface area (Å²) in [6.45, 7) is 4.06. The van der Waals surface area contributed by atoms with Gasteiger partial charge in [-0.3, -0.25) is 4.79 Å². The monoisotopic (exact) mass is 403 g/mol. The van der Waals surface area contributed by atoms with Crippen LogP contribution in [0.3, 0.4) is 0 Å². The first-order valence-electron chi connectivity index (χ1n) is 8.86. The molecule has 0 fully saturated rings. The molecule has 0 spiro atoms. The van der Waals surface area contributed by atoms with Crippen molar-refractivity contribution in [1.29, 1.82) is 5.26 Å². The highest BCUT2D eigenvalue weighted by atomic mass is 32.2. The minimum absolute atomic E-state index is 0.0751. The van der Waals surface area contributed by atoms with E-state index in [1.54, 1.807) is 0 Å². The topological polar surface area (TPSA) is 118 Å². The second-order valence-corrected chi connectivity index (χ2v) is 7.71. The Balaban J connectivity index is 1.74. The van der Waals surface area contributed by atoms with Gasteiger partial charge in [-0.25, -0.2) is 0 Å². The van der Waals surface area contributed by atoms with Crippen LogP contribution in [0.5, 0.6) is 0 Å². The molecule has 0 unspecified atom stereocenters. The highest BCUT2D eigenvalue weighted by Gasteiger charge is 2.13. The number of hydrogen-bond donors (Lipinski definition) is 3. The van der Waals surface area contributed by atoms with Crippen molar-refractivity contribution in [2.45, 2.75) is 19.0 Å². The fourth-order valence-electron chi connectivity index (χ4n) is 3.37. The Kier molecular flexibility index (Phi) is 4.82. The number of nitriles is 1. The normalized spacial score (nSPS) is 10.9. The maximum atomic E-state index is 10.7. The van der Waals surface area contributed by atoms with E-state index in [0.717, 1.165) is 50.5 Å². The minimum atomic E-state index is -0.902. The standard InChI is InChI=1S/C21H17N5O2S/c1-11-5-13(16-3-4-18-17(12(16)2)8-15(9-22)23-18)7-14(6-11)20-24-21(26-25-20)29-10-19(27)28/h3-8,23H,10H2,1-2H3,(H,27,28)(H,24,25,26). The number of carbonyl (C=O) groups is 1. The van der Waals surface area contributed by atoms with Crippen molar-refractivity contribution >= 4 is 28.6 Å². The van der Waals surface area contributed by atoms with Gasteiger partial charge >= 0.3 is 5.97 Å². The Bertz CT molecular complexity index is 1280. The largest absolute Gasteiger partial charge is 0.481 e. The molecule has 0 saturated heterocycles. The molecule has 8 heteroatoms. The summed E-state index contributed by atoms with van der Waals surface area (Å²) < 4.78 is 0. The molecule has 0 amide bonds. The lowest BCUT2D eigenvalue weighted by atomic mass is 9.95. The molecule has 3 N–H and O–H groups in total. The number of aryl methyl sites for hydroxylation is 2. The molecule has 0 bridgehead atoms. The number of nitrogens with one attached hydrogen (secondary N) is 2. The first-order chi connectivity index (χ1) is 13.9. The van der Waals surface area contributed by atoms with Crippen LogP contribution in [0.4, 0.5) is 0 Å². The summed E-state index contributed by atoms with van der Waals surface area (Å²) in [6.07, 6.45) is 0. The third kappa shape index (κ3) is 3.73. The number of aliphatic carboxylic acids is 1. The van der Waals surface area contributed by atoms with E-state index in [2.05, 4.69) is 32.3 Å². The van der Waals surface area contributed by atoms with Gasteiger partial charge in [-0.2, -0.15) is 5.26 Å². The number of fused-ring (bicyclic) bond motifs is 1. The number of rotatable bonds is 5. The zero-order valence-corrected chi connectivity index (χ0v) is 16.6. The maximum Gasteiger partial charge on any atom is 0.313 e. The van der Waals surface area contributed by atoms with Crippen LogP contribution in [0.1, 0.15) is 16.8 Å². The van der Waals surface area contributed by atoms with E-state index in [9.17, 15) is 4.79 Å². The number of nitrogens with zero attached hydrogens (tertiary/aromatic N) is 3. The summed E-state index contributed by atoms with van der Waals surface area (Å²) >= 11 is 1.10. The molecule has 0 aliphatic carbocycles. The predicted molar refractivity (Wildman–Crippen MR) is 112 cm³/mol. The lowest BCUT2D eigenvalue weighted by Crippen LogP contribution is -1.97. The lowest BCUT2D eigenvalue weighted by Gasteiger charge is -2.10. The Labute approximate surface area is 170 Å². The predicted octanol–water partition coefficient (Wildman–Crippen LogP) is 4.29. The lowest BCUT2D eigenvalue weighted by molar-refractivity contribution is -0.133. The summed E-state index contributed by atoms with van der Waals surface area (Å²) in [5.41, 5.74) is 6.62. The molecule has 0 aliphatic rings. The van der Waals surface area contributed by atoms with Gasteiger partial charge < -0.3 is 15.1 Å². The van der Waals surface area contributed by atoms with Gasteiger partial charge in [0.1, 0.15) is 11.8 Å². The fraction of sp³-hybridized carbons (Fsp3) is 0.143. The van der Waals surface area contributed by atoms with Gasteiger partial charge in [0.05, 0.1) is 5.75 Å². The van der Waals surface area contributed by atoms with Crippen LogP contribution < -0.4 is 0 Å². The Morgan fingerprint density at radius 1 is 1.14 bits per heavy atom. The van der Waals surface area contributed by atoms with Gasteiger partial charge in [-0.15, -0.1) is 10.2 Å². The van der Waals surface area contributed by atoms with E-state index >= 15 is 0 Å². The number of aromatic nitrogens is 4. The number of thioether (sulfide) groups is 1. The Morgan fingerprint density at radius 2 is 1.93 bits per heavy atom. The first kappa shape index (κ1) is 18.8. The maximum absolute atomic E-state index is 10.7. The molecule has 2 heterocycles. The molecule has 4 aromatic rings. The van der Waals surface area contributed by atoms with E-state index < -0.39 is 5.97 Å². The molecule has 2 aromatic carbocycles. The third-order valence-corrected chi connectivity index (χ3v) is 5.50. The second-order valence-electron chi connectivity index (χ2n) is 6.74. The van der Waals surface area contributed by atoms with E-state index in [4.69, 9.17) is 10.4 Å². The van der Waals surface area contributed by atoms with Crippen molar-refractivity contribution < 1.29 is 9.90 Å². The second kappa shape index (κ2) is 7.45. The van der Waals surface area contributed by atoms with E-state index in [0.29, 0.717) is 16.7 Å². The molecule has 2 aromatic heterocycles. The number of benzene rings is 2. The van der Waals surface area contributed by atoms with Crippen LogP contribution >= 0.6 is 11.8 Å². The first-order valence-corrected chi connectivity index (χ1v) is 9.85. The molecule has 0 atom stereocenters. The van der Waals surface area contributed by atoms with E-state index in [1.165, 1.54) is 0 Å². The van der Waals surface area contributed by atoms with Gasteiger partial charge in [0.15, 0.2) is 11.0 Å². The highest BCUT2D eigenvalue weighted by Crippen LogP contribution is 2.33. The molecule has 4 rings (SSSR count). The van der Waals surface area contributed by atoms with Gasteiger partial charge in [-0.05, 0) is 60.4 Å². The van der Waals surface area contributed by atoms with Crippen molar-refractivity contribution in [2.75, 3.05) is 5.75 Å². The average molecular weight is 403 g/mol. The van der Waals surface area contributed by atoms with Crippen LogP contribution in [0.15, 0.2) is 41.6 Å². The highest BCUT2D eigenvalue weighted by molar-refractivity contribution is 7.99. The molecule has 144 valence electrons. The smallest absolute Gasteiger partial charge is 0.313 e. The summed E-state index contributed by atoms with van der Waals surface area (Å²) in [6, 6.07) is 14.2. The number of carboxylic acids is 1. The molecule has 0 saturated carbocycles. The van der Waals surface area contributed by atoms with Crippen LogP contribution in [0.25, 0.3) is 33.4 Å². The van der Waals surface area contributed by atoms with Crippen LogP contribution in [-0.2, 0) is 4.79 Å². The van der Waals surface area contributed by atoms with Crippen molar-refractivity contribution in [3.05, 3.63) is 53.2 Å². The van der Waals surface area contributed by atoms with Gasteiger partial charge in [0, 0.05) is 16.5 Å². The number of aromatic amines is 2. The average Bonchev–Trinajstić information content (AvgIpc) is 3.33. The Hall–Kier alpha value is -3.57. The minimum Gasteiger partial charge on any atom is -0.481 e. The van der Waals surface area contributed by atoms with Crippen molar-refractivity contribution in [3.63, 3.8) is 0 Å². The molecule has 0 radical (unpaired) electrons. The van der Waals surface area contributed by atoms with Gasteiger partial charge in [0.25, 0.3) is 0 Å². The van der Waals surface area contributed by atoms with Gasteiger partial charge in [0.2, 0.25) is 0 Å². The molecular weight excluding hydrogens is 386 g/mol. The quantitative estimate of drug-likeness (QED) is 0.428. The summed E-state index contributed by atoms with van der Waals surface area (Å²) in [7, 11) is 0. The summed E-state index contributed by atoms with van der Waals surface area (Å²) in [5, 5.41) is 27.7. The van der Waals surface area contributed by atoms with E-state index in [-0.39, 0.29) is 5.75 Å². The van der Waals surface area contributed by atoms with Crippen molar-refractivity contribution in [3.8, 4) is 28.6 Å². The Morgan fingerprint density at radius 3 is 2.69 bits per heavy atom. The zero-order chi connectivity index (χ0) is 20.5. The van der Waals surface area contributed by atoms with Gasteiger partial charge in [-0.1, -0.05) is 23.9 Å². The zero-order valence-electron chi connectivity index (χ0n) is 15.8. The number of H-pyrrole nitrogens is 2. The van der Waals surface area contributed by atoms with Crippen LogP contribution in [-0.4, -0.2) is 37.0 Å². The van der Waals surface area contributed by atoms with E-state index in [1.807, 2.05) is 44.2 Å². The van der Waals surface area contributed by atoms with Crippen LogP contribution in [0, 0.1) is 25.2 Å². The molecule has 0 aliphatic heterocycles. The number of hydrogen-bond acceptors (Lipinski definition) is 5. The van der Waals surface area contributed by atoms with Crippen LogP contribution in [0.2, 0.25) is 0 Å². The summed E-state index contributed by atoms with van der Waals surface area (Å²) in [5.74, 6) is -0.384. The number of carboxylic acid groups (broad SMARTS) is 1. The fourth-order valence-corrected chi connectivity index (χ4v) is 3.90. The third-order valence-electron chi connectivity index (χ3n) is 4.65. The van der Waals surface area contributed by atoms with Crippen molar-refractivity contribution in [1.82, 2.24) is 20.2 Å². The molecule has 7 nitrogen and oxygen atoms in total. The SMILES string of the molecule is Cc1cc(-c2nnc(SCC(=O)O)[nH]2)cc(-c2ccc3[nH]c(C#N)cc3c2C)c1. The molecule has 29 heavy (non-hydrogen) atoms. The summed E-state index contributed by atoms with van der Waals surface area (Å²) in [4.78, 5) is 16.9.